The number of aryl methyl sites for hydroxylation is 2. The first kappa shape index (κ1) is 18.6. The van der Waals surface area contributed by atoms with Gasteiger partial charge in [-0.1, -0.05) is 18.6 Å². The number of nitrogens with one attached hydrogen (secondary N) is 2. The third-order valence-electron chi connectivity index (χ3n) is 7.11. The first-order valence-electron chi connectivity index (χ1n) is 10.9. The molecule has 0 unspecified atom stereocenters. The van der Waals surface area contributed by atoms with Crippen LogP contribution < -0.4 is 5.32 Å². The van der Waals surface area contributed by atoms with Crippen LogP contribution in [0.25, 0.3) is 11.4 Å². The van der Waals surface area contributed by atoms with E-state index in [9.17, 15) is 4.79 Å². The van der Waals surface area contributed by atoms with Gasteiger partial charge in [-0.2, -0.15) is 5.10 Å². The highest BCUT2D eigenvalue weighted by Gasteiger charge is 2.42. The molecule has 2 aliphatic carbocycles. The molecule has 2 N–H and O–H groups in total. The molecule has 0 spiro atoms. The number of carbonyl (C=O) groups is 1. The van der Waals surface area contributed by atoms with E-state index in [-0.39, 0.29) is 6.03 Å². The van der Waals surface area contributed by atoms with E-state index in [4.69, 9.17) is 0 Å². The van der Waals surface area contributed by atoms with E-state index in [0.717, 1.165) is 66.7 Å². The van der Waals surface area contributed by atoms with Crippen molar-refractivity contribution in [1.29, 1.82) is 0 Å². The van der Waals surface area contributed by atoms with Gasteiger partial charge in [0, 0.05) is 43.5 Å². The Hall–Kier alpha value is -2.41. The van der Waals surface area contributed by atoms with E-state index in [1.54, 1.807) is 0 Å². The molecule has 2 amide bonds. The molecule has 1 aromatic carbocycles. The smallest absolute Gasteiger partial charge is 0.321 e. The Morgan fingerprint density at radius 1 is 1.14 bits per heavy atom. The second kappa shape index (κ2) is 7.44. The van der Waals surface area contributed by atoms with Crippen molar-refractivity contribution < 1.29 is 4.79 Å². The van der Waals surface area contributed by atoms with Crippen LogP contribution in [-0.2, 0) is 0 Å². The number of carbonyl (C=O) groups excluding carboxylic acids is 1. The van der Waals surface area contributed by atoms with Crippen LogP contribution in [0.3, 0.4) is 0 Å². The normalized spacial score (nSPS) is 26.8. The van der Waals surface area contributed by atoms with Crippen molar-refractivity contribution in [2.75, 3.05) is 31.5 Å². The number of hydrogen-bond acceptors (Lipinski definition) is 4. The van der Waals surface area contributed by atoms with Gasteiger partial charge in [0.15, 0.2) is 5.82 Å². The summed E-state index contributed by atoms with van der Waals surface area (Å²) < 4.78 is 0. The molecule has 29 heavy (non-hydrogen) atoms. The number of aromatic nitrogens is 3. The topological polar surface area (TPSA) is 77.2 Å². The lowest BCUT2D eigenvalue weighted by molar-refractivity contribution is 0.0860. The van der Waals surface area contributed by atoms with Gasteiger partial charge in [0.1, 0.15) is 5.82 Å². The lowest BCUT2D eigenvalue weighted by atomic mass is 9.93. The maximum Gasteiger partial charge on any atom is 0.321 e. The quantitative estimate of drug-likeness (QED) is 0.836. The van der Waals surface area contributed by atoms with E-state index in [0.29, 0.717) is 5.82 Å². The average molecular weight is 395 g/mol. The summed E-state index contributed by atoms with van der Waals surface area (Å²) in [7, 11) is 0. The van der Waals surface area contributed by atoms with Gasteiger partial charge in [0.25, 0.3) is 0 Å². The van der Waals surface area contributed by atoms with Crippen molar-refractivity contribution in [2.24, 2.45) is 11.8 Å². The molecule has 1 aliphatic heterocycles. The van der Waals surface area contributed by atoms with Crippen molar-refractivity contribution in [1.82, 2.24) is 25.0 Å². The number of piperazine rings is 1. The predicted molar refractivity (Wildman–Crippen MR) is 113 cm³/mol. The monoisotopic (exact) mass is 394 g/mol. The Morgan fingerprint density at radius 3 is 2.62 bits per heavy atom. The van der Waals surface area contributed by atoms with Gasteiger partial charge in [-0.05, 0) is 56.6 Å². The molecule has 1 aromatic heterocycles. The number of hydrogen-bond donors (Lipinski definition) is 2. The fourth-order valence-corrected chi connectivity index (χ4v) is 5.48. The molecule has 2 aromatic rings. The summed E-state index contributed by atoms with van der Waals surface area (Å²) in [5, 5.41) is 10.2. The Bertz CT molecular complexity index is 900. The molecule has 5 rings (SSSR count). The van der Waals surface area contributed by atoms with Crippen LogP contribution >= 0.6 is 0 Å². The first-order valence-corrected chi connectivity index (χ1v) is 10.9. The summed E-state index contributed by atoms with van der Waals surface area (Å²) in [6.45, 7) is 7.49. The average Bonchev–Trinajstić information content (AvgIpc) is 3.47. The van der Waals surface area contributed by atoms with Crippen LogP contribution in [0.4, 0.5) is 10.5 Å². The molecule has 0 radical (unpaired) electrons. The molecule has 2 bridgehead atoms. The van der Waals surface area contributed by atoms with E-state index >= 15 is 0 Å². The van der Waals surface area contributed by atoms with Gasteiger partial charge >= 0.3 is 6.03 Å². The Morgan fingerprint density at radius 2 is 1.97 bits per heavy atom. The number of H-pyrrole nitrogens is 1. The van der Waals surface area contributed by atoms with Crippen LogP contribution in [0.1, 0.15) is 37.1 Å². The van der Waals surface area contributed by atoms with Crippen LogP contribution in [0.2, 0.25) is 0 Å². The zero-order valence-electron chi connectivity index (χ0n) is 17.3. The number of aromatic amines is 1. The SMILES string of the molecule is Cc1nc(-c2ccc(C)c(NC(=O)N3CCN([C@@H]4C[C@@H]5CC[C@H]4C5)CC3)c2)n[nH]1. The zero-order valence-corrected chi connectivity index (χ0v) is 17.3. The van der Waals surface area contributed by atoms with E-state index < -0.39 is 0 Å². The van der Waals surface area contributed by atoms with Gasteiger partial charge < -0.3 is 10.2 Å². The Kier molecular flexibility index (Phi) is 4.78. The maximum atomic E-state index is 12.9. The first-order chi connectivity index (χ1) is 14.1. The van der Waals surface area contributed by atoms with Crippen molar-refractivity contribution in [2.45, 2.75) is 45.6 Å². The highest BCUT2D eigenvalue weighted by Crippen LogP contribution is 2.46. The molecule has 2 heterocycles. The minimum atomic E-state index is -0.0102. The van der Waals surface area contributed by atoms with Crippen molar-refractivity contribution in [3.05, 3.63) is 29.6 Å². The van der Waals surface area contributed by atoms with E-state index in [2.05, 4.69) is 25.4 Å². The number of nitrogens with zero attached hydrogens (tertiary/aromatic N) is 4. The number of amides is 2. The summed E-state index contributed by atoms with van der Waals surface area (Å²) in [6.07, 6.45) is 5.67. The molecular weight excluding hydrogens is 364 g/mol. The summed E-state index contributed by atoms with van der Waals surface area (Å²) in [6, 6.07) is 6.71. The fraction of sp³-hybridized carbons (Fsp3) is 0.591. The molecule has 154 valence electrons. The van der Waals surface area contributed by atoms with Gasteiger partial charge in [-0.15, -0.1) is 0 Å². The summed E-state index contributed by atoms with van der Waals surface area (Å²) in [5.41, 5.74) is 2.76. The molecule has 1 saturated heterocycles. The summed E-state index contributed by atoms with van der Waals surface area (Å²) in [4.78, 5) is 21.9. The highest BCUT2D eigenvalue weighted by molar-refractivity contribution is 5.91. The second-order valence-electron chi connectivity index (χ2n) is 8.97. The standard InChI is InChI=1S/C22H30N6O/c1-14-3-5-18(21-23-15(2)25-26-21)13-19(14)24-22(29)28-9-7-27(8-10-28)20-12-16-4-6-17(20)11-16/h3,5,13,16-17,20H,4,6-12H2,1-2H3,(H,24,29)(H,23,25,26)/t16-,17+,20-/m1/s1. The largest absolute Gasteiger partial charge is 0.322 e. The molecule has 3 atom stereocenters. The van der Waals surface area contributed by atoms with E-state index in [1.807, 2.05) is 36.9 Å². The second-order valence-corrected chi connectivity index (χ2v) is 8.97. The predicted octanol–water partition coefficient (Wildman–Crippen LogP) is 3.43. The number of fused-ring (bicyclic) bond motifs is 2. The van der Waals surface area contributed by atoms with Gasteiger partial charge in [-0.25, -0.2) is 9.78 Å². The minimum Gasteiger partial charge on any atom is -0.322 e. The maximum absolute atomic E-state index is 12.9. The fourth-order valence-electron chi connectivity index (χ4n) is 5.48. The van der Waals surface area contributed by atoms with Crippen LogP contribution in [0, 0.1) is 25.7 Å². The lowest BCUT2D eigenvalue weighted by Gasteiger charge is -2.41. The van der Waals surface area contributed by atoms with Crippen LogP contribution in [-0.4, -0.2) is 63.2 Å². The Balaban J connectivity index is 1.21. The molecule has 3 aliphatic rings. The van der Waals surface area contributed by atoms with Crippen molar-refractivity contribution in [3.8, 4) is 11.4 Å². The van der Waals surface area contributed by atoms with Crippen molar-refractivity contribution in [3.63, 3.8) is 0 Å². The third kappa shape index (κ3) is 3.64. The lowest BCUT2D eigenvalue weighted by Crippen LogP contribution is -2.54. The zero-order chi connectivity index (χ0) is 20.0. The molecule has 7 heteroatoms. The third-order valence-corrected chi connectivity index (χ3v) is 7.11. The van der Waals surface area contributed by atoms with Crippen molar-refractivity contribution >= 4 is 11.7 Å². The molecule has 7 nitrogen and oxygen atoms in total. The van der Waals surface area contributed by atoms with Gasteiger partial charge in [0.2, 0.25) is 0 Å². The minimum absolute atomic E-state index is 0.0102. The molecule has 2 saturated carbocycles. The van der Waals surface area contributed by atoms with Crippen LogP contribution in [0.15, 0.2) is 18.2 Å². The number of rotatable bonds is 3. The van der Waals surface area contributed by atoms with Gasteiger partial charge in [-0.3, -0.25) is 10.00 Å². The number of urea groups is 1. The summed E-state index contributed by atoms with van der Waals surface area (Å²) in [5.74, 6) is 3.30. The molecule has 3 fully saturated rings. The molecular formula is C22H30N6O. The highest BCUT2D eigenvalue weighted by atomic mass is 16.2. The number of anilines is 1. The Labute approximate surface area is 171 Å². The summed E-state index contributed by atoms with van der Waals surface area (Å²) >= 11 is 0. The number of benzene rings is 1. The van der Waals surface area contributed by atoms with Gasteiger partial charge in [0.05, 0.1) is 0 Å². The van der Waals surface area contributed by atoms with E-state index in [1.165, 1.54) is 25.7 Å². The van der Waals surface area contributed by atoms with Crippen LogP contribution in [0.5, 0.6) is 0 Å².